The molecule has 0 saturated carbocycles. The Hall–Kier alpha value is -1.99. The van der Waals surface area contributed by atoms with Crippen LogP contribution in [0.5, 0.6) is 0 Å². The molecule has 0 bridgehead atoms. The number of hydrogen-bond donors (Lipinski definition) is 1. The molecule has 0 radical (unpaired) electrons. The van der Waals surface area contributed by atoms with E-state index < -0.39 is 0 Å². The molecule has 0 aliphatic rings. The number of hydrogen-bond acceptors (Lipinski definition) is 3. The van der Waals surface area contributed by atoms with Crippen LogP contribution in [-0.4, -0.2) is 9.97 Å². The molecule has 0 saturated heterocycles. The predicted octanol–water partition coefficient (Wildman–Crippen LogP) is 4.28. The molecule has 0 atom stereocenters. The van der Waals surface area contributed by atoms with E-state index in [9.17, 15) is 0 Å². The summed E-state index contributed by atoms with van der Waals surface area (Å²) in [6.45, 7) is 8.22. The monoisotopic (exact) mass is 283 g/mol. The summed E-state index contributed by atoms with van der Waals surface area (Å²) in [5, 5.41) is 9.02. The van der Waals surface area contributed by atoms with Gasteiger partial charge in [-0.2, -0.15) is 5.26 Å². The van der Waals surface area contributed by atoms with Gasteiger partial charge in [-0.05, 0) is 24.6 Å². The molecule has 0 unspecified atom stereocenters. The van der Waals surface area contributed by atoms with Crippen molar-refractivity contribution < 1.29 is 0 Å². The number of H-pyrrole nitrogens is 1. The summed E-state index contributed by atoms with van der Waals surface area (Å²) >= 11 is 5.36. The standard InChI is InChI=1S/C16H17N3S/c1-10-13(12-7-5-6-11(8-12)9-17)18-15(16(2,3)4)19-14(10)20/h5-8H,1-4H3,(H,18,19,20). The van der Waals surface area contributed by atoms with E-state index in [0.29, 0.717) is 10.2 Å². The van der Waals surface area contributed by atoms with Crippen molar-refractivity contribution in [2.75, 3.05) is 0 Å². The summed E-state index contributed by atoms with van der Waals surface area (Å²) in [7, 11) is 0. The lowest BCUT2D eigenvalue weighted by molar-refractivity contribution is 0.544. The third-order valence-electron chi connectivity index (χ3n) is 3.14. The third kappa shape index (κ3) is 2.78. The van der Waals surface area contributed by atoms with Crippen molar-refractivity contribution in [3.8, 4) is 17.3 Å². The Labute approximate surface area is 124 Å². The number of aromatic amines is 1. The summed E-state index contributed by atoms with van der Waals surface area (Å²) in [5.74, 6) is 0.852. The minimum atomic E-state index is -0.108. The van der Waals surface area contributed by atoms with E-state index in [4.69, 9.17) is 17.5 Å². The van der Waals surface area contributed by atoms with Gasteiger partial charge in [-0.1, -0.05) is 45.1 Å². The molecule has 1 aromatic carbocycles. The zero-order chi connectivity index (χ0) is 14.9. The van der Waals surface area contributed by atoms with Crippen LogP contribution in [0.4, 0.5) is 0 Å². The summed E-state index contributed by atoms with van der Waals surface area (Å²) in [4.78, 5) is 7.84. The van der Waals surface area contributed by atoms with Gasteiger partial charge in [0, 0.05) is 11.0 Å². The molecule has 2 aromatic rings. The fourth-order valence-electron chi connectivity index (χ4n) is 1.92. The second-order valence-electron chi connectivity index (χ2n) is 5.83. The molecule has 1 heterocycles. The molecule has 3 nitrogen and oxygen atoms in total. The summed E-state index contributed by atoms with van der Waals surface area (Å²) in [6.07, 6.45) is 0. The molecule has 4 heteroatoms. The van der Waals surface area contributed by atoms with Crippen LogP contribution in [0.2, 0.25) is 0 Å². The number of nitrogens with zero attached hydrogens (tertiary/aromatic N) is 2. The molecule has 0 aliphatic carbocycles. The third-order valence-corrected chi connectivity index (χ3v) is 3.54. The minimum Gasteiger partial charge on any atom is -0.342 e. The Morgan fingerprint density at radius 1 is 1.30 bits per heavy atom. The number of nitriles is 1. The Morgan fingerprint density at radius 2 is 2.00 bits per heavy atom. The molecule has 1 aromatic heterocycles. The van der Waals surface area contributed by atoms with Crippen molar-refractivity contribution in [1.82, 2.24) is 9.97 Å². The lowest BCUT2D eigenvalue weighted by Crippen LogP contribution is -2.17. The SMILES string of the molecule is Cc1c(-c2cccc(C#N)c2)[nH]c(C(C)(C)C)nc1=S. The summed E-state index contributed by atoms with van der Waals surface area (Å²) < 4.78 is 0.603. The van der Waals surface area contributed by atoms with Gasteiger partial charge in [-0.3, -0.25) is 0 Å². The van der Waals surface area contributed by atoms with Crippen LogP contribution < -0.4 is 0 Å². The zero-order valence-corrected chi connectivity index (χ0v) is 12.9. The smallest absolute Gasteiger partial charge is 0.133 e. The summed E-state index contributed by atoms with van der Waals surface area (Å²) in [5.41, 5.74) is 3.36. The highest BCUT2D eigenvalue weighted by Gasteiger charge is 2.18. The van der Waals surface area contributed by atoms with Crippen LogP contribution in [0, 0.1) is 22.9 Å². The highest BCUT2D eigenvalue weighted by Crippen LogP contribution is 2.26. The van der Waals surface area contributed by atoms with Gasteiger partial charge in [0.1, 0.15) is 10.5 Å². The van der Waals surface area contributed by atoms with Crippen molar-refractivity contribution in [2.45, 2.75) is 33.1 Å². The maximum Gasteiger partial charge on any atom is 0.133 e. The number of nitrogens with one attached hydrogen (secondary N) is 1. The predicted molar refractivity (Wildman–Crippen MR) is 83.0 cm³/mol. The van der Waals surface area contributed by atoms with E-state index in [1.54, 1.807) is 6.07 Å². The van der Waals surface area contributed by atoms with Crippen LogP contribution in [0.1, 0.15) is 37.7 Å². The Balaban J connectivity index is 2.70. The van der Waals surface area contributed by atoms with Gasteiger partial charge in [-0.25, -0.2) is 4.98 Å². The molecule has 102 valence electrons. The molecule has 2 rings (SSSR count). The number of aromatic nitrogens is 2. The first kappa shape index (κ1) is 14.4. The zero-order valence-electron chi connectivity index (χ0n) is 12.1. The van der Waals surface area contributed by atoms with E-state index in [-0.39, 0.29) is 5.41 Å². The van der Waals surface area contributed by atoms with Crippen molar-refractivity contribution in [2.24, 2.45) is 0 Å². The highest BCUT2D eigenvalue weighted by molar-refractivity contribution is 7.71. The van der Waals surface area contributed by atoms with E-state index >= 15 is 0 Å². The van der Waals surface area contributed by atoms with Gasteiger partial charge in [0.15, 0.2) is 0 Å². The molecule has 0 amide bonds. The first-order chi connectivity index (χ1) is 9.32. The minimum absolute atomic E-state index is 0.108. The van der Waals surface area contributed by atoms with Crippen molar-refractivity contribution in [3.05, 3.63) is 45.9 Å². The summed E-state index contributed by atoms with van der Waals surface area (Å²) in [6, 6.07) is 9.66. The van der Waals surface area contributed by atoms with Crippen molar-refractivity contribution in [3.63, 3.8) is 0 Å². The van der Waals surface area contributed by atoms with Crippen LogP contribution >= 0.6 is 12.2 Å². The largest absolute Gasteiger partial charge is 0.342 e. The fourth-order valence-corrected chi connectivity index (χ4v) is 2.11. The van der Waals surface area contributed by atoms with E-state index in [1.165, 1.54) is 0 Å². The Morgan fingerprint density at radius 3 is 2.60 bits per heavy atom. The van der Waals surface area contributed by atoms with Crippen LogP contribution in [0.15, 0.2) is 24.3 Å². The molecule has 0 aliphatic heterocycles. The van der Waals surface area contributed by atoms with Gasteiger partial charge in [0.25, 0.3) is 0 Å². The quantitative estimate of drug-likeness (QED) is 0.795. The van der Waals surface area contributed by atoms with Gasteiger partial charge in [0.2, 0.25) is 0 Å². The maximum absolute atomic E-state index is 9.02. The topological polar surface area (TPSA) is 52.5 Å². The first-order valence-electron chi connectivity index (χ1n) is 6.45. The van der Waals surface area contributed by atoms with Crippen LogP contribution in [0.25, 0.3) is 11.3 Å². The molecule has 20 heavy (non-hydrogen) atoms. The Kier molecular flexibility index (Phi) is 3.74. The van der Waals surface area contributed by atoms with Gasteiger partial charge in [0.05, 0.1) is 17.3 Å². The number of benzene rings is 1. The van der Waals surface area contributed by atoms with Gasteiger partial charge >= 0.3 is 0 Å². The molecule has 0 fully saturated rings. The average molecular weight is 283 g/mol. The van der Waals surface area contributed by atoms with Gasteiger partial charge < -0.3 is 4.98 Å². The van der Waals surface area contributed by atoms with Crippen molar-refractivity contribution in [1.29, 1.82) is 5.26 Å². The second-order valence-corrected chi connectivity index (χ2v) is 6.22. The molecule has 1 N–H and O–H groups in total. The fraction of sp³-hybridized carbons (Fsp3) is 0.312. The lowest BCUT2D eigenvalue weighted by atomic mass is 9.95. The van der Waals surface area contributed by atoms with Gasteiger partial charge in [-0.15, -0.1) is 0 Å². The Bertz CT molecular complexity index is 746. The lowest BCUT2D eigenvalue weighted by Gasteiger charge is -2.19. The highest BCUT2D eigenvalue weighted by atomic mass is 32.1. The second kappa shape index (κ2) is 5.18. The molecular formula is C16H17N3S. The van der Waals surface area contributed by atoms with Crippen LogP contribution in [0.3, 0.4) is 0 Å². The van der Waals surface area contributed by atoms with E-state index in [1.807, 2.05) is 25.1 Å². The average Bonchev–Trinajstić information content (AvgIpc) is 2.40. The van der Waals surface area contributed by atoms with E-state index in [2.05, 4.69) is 36.8 Å². The molecule has 0 spiro atoms. The maximum atomic E-state index is 9.02. The van der Waals surface area contributed by atoms with Crippen molar-refractivity contribution >= 4 is 12.2 Å². The normalized spacial score (nSPS) is 11.2. The van der Waals surface area contributed by atoms with Crippen LogP contribution in [-0.2, 0) is 5.41 Å². The van der Waals surface area contributed by atoms with E-state index in [0.717, 1.165) is 22.6 Å². The molecular weight excluding hydrogens is 266 g/mol. The first-order valence-corrected chi connectivity index (χ1v) is 6.85. The number of rotatable bonds is 1.